The minimum absolute atomic E-state index is 0.00832. The Hall–Kier alpha value is -2.81. The number of carboxylic acids is 1. The van der Waals surface area contributed by atoms with Crippen LogP contribution in [0.4, 0.5) is 18.9 Å². The van der Waals surface area contributed by atoms with Gasteiger partial charge >= 0.3 is 12.1 Å². The monoisotopic (exact) mass is 382 g/mol. The molecule has 2 heterocycles. The van der Waals surface area contributed by atoms with E-state index in [-0.39, 0.29) is 31.9 Å². The quantitative estimate of drug-likeness (QED) is 0.751. The first-order valence-corrected chi connectivity index (χ1v) is 8.22. The van der Waals surface area contributed by atoms with Crippen LogP contribution in [0.3, 0.4) is 0 Å². The molecule has 1 atom stereocenters. The van der Waals surface area contributed by atoms with E-state index in [0.29, 0.717) is 0 Å². The molecule has 27 heavy (non-hydrogen) atoms. The maximum absolute atomic E-state index is 13.5. The lowest BCUT2D eigenvalue weighted by Gasteiger charge is -2.29. The van der Waals surface area contributed by atoms with Gasteiger partial charge in [0, 0.05) is 12.7 Å². The molecule has 1 aliphatic heterocycles. The number of aliphatic carboxylic acids is 1. The van der Waals surface area contributed by atoms with Crippen molar-refractivity contribution in [1.29, 1.82) is 0 Å². The largest absolute Gasteiger partial charge is 0.481 e. The van der Waals surface area contributed by atoms with Crippen LogP contribution in [0.5, 0.6) is 0 Å². The SMILES string of the molecule is O=C(O)CCOCC1c2ccccc2CN1c1cc[nH]c(=O)c1C(F)(F)F. The Morgan fingerprint density at radius 2 is 2.04 bits per heavy atom. The van der Waals surface area contributed by atoms with Crippen LogP contribution in [0.15, 0.2) is 41.3 Å². The molecular formula is C18H17F3N2O4. The molecule has 1 unspecified atom stereocenters. The Morgan fingerprint density at radius 1 is 1.30 bits per heavy atom. The number of ether oxygens (including phenoxy) is 1. The van der Waals surface area contributed by atoms with Crippen molar-refractivity contribution in [2.24, 2.45) is 0 Å². The second kappa shape index (κ2) is 7.43. The second-order valence-electron chi connectivity index (χ2n) is 6.13. The summed E-state index contributed by atoms with van der Waals surface area (Å²) >= 11 is 0. The predicted octanol–water partition coefficient (Wildman–Crippen LogP) is 2.95. The number of halogens is 3. The highest BCUT2D eigenvalue weighted by Crippen LogP contribution is 2.42. The summed E-state index contributed by atoms with van der Waals surface area (Å²) in [5.74, 6) is -1.02. The number of carboxylic acid groups (broad SMARTS) is 1. The van der Waals surface area contributed by atoms with Crippen molar-refractivity contribution >= 4 is 11.7 Å². The van der Waals surface area contributed by atoms with Crippen molar-refractivity contribution in [3.05, 3.63) is 63.6 Å². The number of aromatic nitrogens is 1. The maximum Gasteiger partial charge on any atom is 0.423 e. The Balaban J connectivity index is 1.96. The van der Waals surface area contributed by atoms with Crippen LogP contribution in [0.25, 0.3) is 0 Å². The van der Waals surface area contributed by atoms with Crippen LogP contribution in [0.1, 0.15) is 29.2 Å². The van der Waals surface area contributed by atoms with E-state index in [4.69, 9.17) is 9.84 Å². The van der Waals surface area contributed by atoms with Crippen molar-refractivity contribution in [3.8, 4) is 0 Å². The molecule has 1 aliphatic rings. The number of benzene rings is 1. The molecule has 1 aromatic heterocycles. The molecule has 0 saturated heterocycles. The number of hydrogen-bond acceptors (Lipinski definition) is 4. The van der Waals surface area contributed by atoms with Crippen molar-refractivity contribution in [1.82, 2.24) is 4.98 Å². The Labute approximate surface area is 152 Å². The molecule has 9 heteroatoms. The topological polar surface area (TPSA) is 82.6 Å². The number of fused-ring (bicyclic) bond motifs is 1. The number of H-pyrrole nitrogens is 1. The van der Waals surface area contributed by atoms with Crippen LogP contribution >= 0.6 is 0 Å². The summed E-state index contributed by atoms with van der Waals surface area (Å²) in [7, 11) is 0. The van der Waals surface area contributed by atoms with Crippen molar-refractivity contribution in [2.45, 2.75) is 25.2 Å². The number of pyridine rings is 1. The van der Waals surface area contributed by atoms with E-state index in [1.807, 2.05) is 0 Å². The molecule has 0 saturated carbocycles. The summed E-state index contributed by atoms with van der Waals surface area (Å²) < 4.78 is 45.8. The second-order valence-corrected chi connectivity index (χ2v) is 6.13. The number of alkyl halides is 3. The molecule has 0 fully saturated rings. The molecule has 2 N–H and O–H groups in total. The predicted molar refractivity (Wildman–Crippen MR) is 90.5 cm³/mol. The highest BCUT2D eigenvalue weighted by atomic mass is 19.4. The summed E-state index contributed by atoms with van der Waals surface area (Å²) in [5.41, 5.74) is -1.07. The van der Waals surface area contributed by atoms with Gasteiger partial charge in [0.15, 0.2) is 0 Å². The van der Waals surface area contributed by atoms with Gasteiger partial charge in [-0.2, -0.15) is 13.2 Å². The lowest BCUT2D eigenvalue weighted by atomic mass is 10.1. The fraction of sp³-hybridized carbons (Fsp3) is 0.333. The average molecular weight is 382 g/mol. The number of aromatic amines is 1. The van der Waals surface area contributed by atoms with Gasteiger partial charge in [-0.3, -0.25) is 9.59 Å². The standard InChI is InChI=1S/C18H17F3N2O4/c19-18(20,21)16-13(5-7-22-17(16)26)23-9-11-3-1-2-4-12(11)14(23)10-27-8-6-15(24)25/h1-5,7,14H,6,8-10H2,(H,22,26)(H,24,25). The number of carbonyl (C=O) groups is 1. The fourth-order valence-corrected chi connectivity index (χ4v) is 3.23. The molecule has 6 nitrogen and oxygen atoms in total. The van der Waals surface area contributed by atoms with E-state index < -0.39 is 29.3 Å². The van der Waals surface area contributed by atoms with Gasteiger partial charge in [0.05, 0.1) is 31.4 Å². The lowest BCUT2D eigenvalue weighted by Crippen LogP contribution is -2.31. The molecule has 3 rings (SSSR count). The first-order valence-electron chi connectivity index (χ1n) is 8.22. The van der Waals surface area contributed by atoms with Crippen molar-refractivity contribution < 1.29 is 27.8 Å². The lowest BCUT2D eigenvalue weighted by molar-refractivity contribution is -0.139. The number of hydrogen-bond donors (Lipinski definition) is 2. The van der Waals surface area contributed by atoms with Crippen LogP contribution in [-0.2, 0) is 22.3 Å². The molecule has 1 aromatic carbocycles. The molecule has 0 bridgehead atoms. The maximum atomic E-state index is 13.5. The zero-order valence-electron chi connectivity index (χ0n) is 14.1. The molecule has 0 amide bonds. The fourth-order valence-electron chi connectivity index (χ4n) is 3.23. The summed E-state index contributed by atoms with van der Waals surface area (Å²) in [6.07, 6.45) is -3.83. The number of rotatable bonds is 6. The van der Waals surface area contributed by atoms with Crippen LogP contribution in [-0.4, -0.2) is 29.3 Å². The summed E-state index contributed by atoms with van der Waals surface area (Å²) in [5, 5.41) is 8.70. The average Bonchev–Trinajstić information content (AvgIpc) is 2.96. The summed E-state index contributed by atoms with van der Waals surface area (Å²) in [6, 6.07) is 7.82. The van der Waals surface area contributed by atoms with Gasteiger partial charge < -0.3 is 19.7 Å². The third-order valence-electron chi connectivity index (χ3n) is 4.40. The van der Waals surface area contributed by atoms with Gasteiger partial charge in [-0.15, -0.1) is 0 Å². The molecule has 144 valence electrons. The molecule has 0 radical (unpaired) electrons. The van der Waals surface area contributed by atoms with E-state index in [9.17, 15) is 22.8 Å². The molecule has 0 aliphatic carbocycles. The molecule has 0 spiro atoms. The highest BCUT2D eigenvalue weighted by Gasteiger charge is 2.41. The van der Waals surface area contributed by atoms with Crippen LogP contribution in [0.2, 0.25) is 0 Å². The number of anilines is 1. The minimum atomic E-state index is -4.81. The van der Waals surface area contributed by atoms with Crippen molar-refractivity contribution in [2.75, 3.05) is 18.1 Å². The van der Waals surface area contributed by atoms with Gasteiger partial charge in [0.1, 0.15) is 5.56 Å². The summed E-state index contributed by atoms with van der Waals surface area (Å²) in [4.78, 5) is 26.0. The minimum Gasteiger partial charge on any atom is -0.481 e. The zero-order valence-corrected chi connectivity index (χ0v) is 14.1. The first-order chi connectivity index (χ1) is 12.8. The van der Waals surface area contributed by atoms with Gasteiger partial charge in [-0.1, -0.05) is 24.3 Å². The number of nitrogens with one attached hydrogen (secondary N) is 1. The summed E-state index contributed by atoms with van der Waals surface area (Å²) in [6.45, 7) is 0.146. The smallest absolute Gasteiger partial charge is 0.423 e. The van der Waals surface area contributed by atoms with E-state index in [1.54, 1.807) is 24.3 Å². The van der Waals surface area contributed by atoms with Gasteiger partial charge in [0.25, 0.3) is 5.56 Å². The van der Waals surface area contributed by atoms with E-state index in [2.05, 4.69) is 4.98 Å². The van der Waals surface area contributed by atoms with E-state index in [0.717, 1.165) is 11.1 Å². The first kappa shape index (κ1) is 19.0. The third-order valence-corrected chi connectivity index (χ3v) is 4.40. The van der Waals surface area contributed by atoms with Gasteiger partial charge in [-0.05, 0) is 17.2 Å². The Morgan fingerprint density at radius 3 is 2.74 bits per heavy atom. The van der Waals surface area contributed by atoms with E-state index in [1.165, 1.54) is 17.2 Å². The van der Waals surface area contributed by atoms with Crippen LogP contribution < -0.4 is 10.5 Å². The highest BCUT2D eigenvalue weighted by molar-refractivity contribution is 5.66. The Kier molecular flexibility index (Phi) is 5.22. The van der Waals surface area contributed by atoms with Gasteiger partial charge in [-0.25, -0.2) is 0 Å². The molecular weight excluding hydrogens is 365 g/mol. The van der Waals surface area contributed by atoms with Crippen molar-refractivity contribution in [3.63, 3.8) is 0 Å². The normalized spacial score (nSPS) is 16.4. The molecule has 2 aromatic rings. The number of nitrogens with zero attached hydrogens (tertiary/aromatic N) is 1. The van der Waals surface area contributed by atoms with Crippen LogP contribution in [0, 0.1) is 0 Å². The third kappa shape index (κ3) is 3.97. The van der Waals surface area contributed by atoms with E-state index >= 15 is 0 Å². The van der Waals surface area contributed by atoms with Gasteiger partial charge in [0.2, 0.25) is 0 Å². The Bertz CT molecular complexity index is 895. The zero-order chi connectivity index (χ0) is 19.6.